The van der Waals surface area contributed by atoms with Gasteiger partial charge in [0.1, 0.15) is 0 Å². The van der Waals surface area contributed by atoms with E-state index in [1.807, 2.05) is 0 Å². The lowest BCUT2D eigenvalue weighted by molar-refractivity contribution is 0.154. The summed E-state index contributed by atoms with van der Waals surface area (Å²) in [6.07, 6.45) is 9.02. The molecule has 0 atom stereocenters. The second-order valence-electron chi connectivity index (χ2n) is 7.30. The molecule has 0 radical (unpaired) electrons. The SMILES string of the molecule is CN(C)c1ccc(C=CCN2CCN(CC=Cc3ccccc3)CC2)cc1. The van der Waals surface area contributed by atoms with Gasteiger partial charge in [0.05, 0.1) is 0 Å². The third-order valence-corrected chi connectivity index (χ3v) is 5.02. The maximum atomic E-state index is 2.53. The summed E-state index contributed by atoms with van der Waals surface area (Å²) in [5.41, 5.74) is 3.79. The van der Waals surface area contributed by atoms with Crippen LogP contribution in [0.3, 0.4) is 0 Å². The summed E-state index contributed by atoms with van der Waals surface area (Å²) in [7, 11) is 4.14. The lowest BCUT2D eigenvalue weighted by Crippen LogP contribution is -2.46. The van der Waals surface area contributed by atoms with Crippen LogP contribution in [0.5, 0.6) is 0 Å². The minimum atomic E-state index is 1.03. The fourth-order valence-corrected chi connectivity index (χ4v) is 3.28. The van der Waals surface area contributed by atoms with E-state index in [2.05, 4.69) is 108 Å². The Balaban J connectivity index is 1.37. The van der Waals surface area contributed by atoms with Gasteiger partial charge in [0.15, 0.2) is 0 Å². The Hall–Kier alpha value is -2.36. The van der Waals surface area contributed by atoms with E-state index >= 15 is 0 Å². The minimum absolute atomic E-state index is 1.03. The van der Waals surface area contributed by atoms with Crippen molar-refractivity contribution in [2.24, 2.45) is 0 Å². The number of benzene rings is 2. The molecule has 142 valence electrons. The average Bonchev–Trinajstić information content (AvgIpc) is 2.70. The molecular formula is C24H31N3. The number of anilines is 1. The Bertz CT molecular complexity index is 724. The fourth-order valence-electron chi connectivity index (χ4n) is 3.28. The van der Waals surface area contributed by atoms with Crippen LogP contribution in [0.2, 0.25) is 0 Å². The molecule has 27 heavy (non-hydrogen) atoms. The van der Waals surface area contributed by atoms with Crippen molar-refractivity contribution in [3.8, 4) is 0 Å². The van der Waals surface area contributed by atoms with Crippen molar-refractivity contribution >= 4 is 17.8 Å². The molecule has 1 aliphatic heterocycles. The van der Waals surface area contributed by atoms with E-state index in [1.54, 1.807) is 0 Å². The van der Waals surface area contributed by atoms with Crippen LogP contribution in [-0.2, 0) is 0 Å². The fraction of sp³-hybridized carbons (Fsp3) is 0.333. The molecule has 3 nitrogen and oxygen atoms in total. The predicted octanol–water partition coefficient (Wildman–Crippen LogP) is 4.10. The van der Waals surface area contributed by atoms with Gasteiger partial charge in [-0.15, -0.1) is 0 Å². The Morgan fingerprint density at radius 1 is 0.704 bits per heavy atom. The summed E-state index contributed by atoms with van der Waals surface area (Å²) in [6, 6.07) is 19.2. The first-order valence-corrected chi connectivity index (χ1v) is 9.81. The zero-order chi connectivity index (χ0) is 18.9. The van der Waals surface area contributed by atoms with E-state index in [0.29, 0.717) is 0 Å². The molecule has 0 amide bonds. The van der Waals surface area contributed by atoms with Crippen molar-refractivity contribution in [1.29, 1.82) is 0 Å². The van der Waals surface area contributed by atoms with Crippen molar-refractivity contribution in [3.05, 3.63) is 77.9 Å². The molecule has 2 aromatic carbocycles. The predicted molar refractivity (Wildman–Crippen MR) is 118 cm³/mol. The summed E-state index contributed by atoms with van der Waals surface area (Å²) in [5, 5.41) is 0. The van der Waals surface area contributed by atoms with E-state index in [-0.39, 0.29) is 0 Å². The number of rotatable bonds is 7. The van der Waals surface area contributed by atoms with Crippen LogP contribution in [0.15, 0.2) is 66.7 Å². The van der Waals surface area contributed by atoms with Crippen molar-refractivity contribution < 1.29 is 0 Å². The standard InChI is InChI=1S/C24H31N3/c1-25(2)24-14-12-23(13-15-24)11-7-17-27-20-18-26(19-21-27)16-6-10-22-8-4-3-5-9-22/h3-15H,16-21H2,1-2H3. The molecule has 1 fully saturated rings. The Kier molecular flexibility index (Phi) is 7.26. The maximum Gasteiger partial charge on any atom is 0.0361 e. The third kappa shape index (κ3) is 6.38. The van der Waals surface area contributed by atoms with Crippen LogP contribution in [0.1, 0.15) is 11.1 Å². The van der Waals surface area contributed by atoms with Gasteiger partial charge < -0.3 is 4.90 Å². The summed E-state index contributed by atoms with van der Waals surface area (Å²) >= 11 is 0. The van der Waals surface area contributed by atoms with Crippen LogP contribution in [0.4, 0.5) is 5.69 Å². The number of nitrogens with zero attached hydrogens (tertiary/aromatic N) is 3. The quantitative estimate of drug-likeness (QED) is 0.735. The Morgan fingerprint density at radius 3 is 1.67 bits per heavy atom. The second kappa shape index (κ2) is 10.1. The topological polar surface area (TPSA) is 9.72 Å². The molecule has 0 spiro atoms. The molecule has 2 aromatic rings. The van der Waals surface area contributed by atoms with Crippen LogP contribution in [0.25, 0.3) is 12.2 Å². The molecule has 0 N–H and O–H groups in total. The monoisotopic (exact) mass is 361 g/mol. The van der Waals surface area contributed by atoms with Crippen LogP contribution in [0, 0.1) is 0 Å². The first kappa shape index (κ1) is 19.4. The smallest absolute Gasteiger partial charge is 0.0361 e. The summed E-state index contributed by atoms with van der Waals surface area (Å²) < 4.78 is 0. The molecule has 1 aliphatic rings. The second-order valence-corrected chi connectivity index (χ2v) is 7.30. The molecule has 3 heteroatoms. The van der Waals surface area contributed by atoms with Gasteiger partial charge in [0.25, 0.3) is 0 Å². The zero-order valence-electron chi connectivity index (χ0n) is 16.6. The molecule has 1 saturated heterocycles. The van der Waals surface area contributed by atoms with Gasteiger partial charge in [-0.2, -0.15) is 0 Å². The van der Waals surface area contributed by atoms with Crippen molar-refractivity contribution in [2.45, 2.75) is 0 Å². The third-order valence-electron chi connectivity index (χ3n) is 5.02. The van der Waals surface area contributed by atoms with Gasteiger partial charge in [0.2, 0.25) is 0 Å². The van der Waals surface area contributed by atoms with Gasteiger partial charge in [0, 0.05) is 59.1 Å². The van der Waals surface area contributed by atoms with Gasteiger partial charge in [-0.1, -0.05) is 66.8 Å². The lowest BCUT2D eigenvalue weighted by atomic mass is 10.2. The molecule has 0 aromatic heterocycles. The minimum Gasteiger partial charge on any atom is -0.378 e. The van der Waals surface area contributed by atoms with Gasteiger partial charge >= 0.3 is 0 Å². The van der Waals surface area contributed by atoms with E-state index < -0.39 is 0 Å². The van der Waals surface area contributed by atoms with Crippen LogP contribution >= 0.6 is 0 Å². The Morgan fingerprint density at radius 2 is 1.19 bits per heavy atom. The zero-order valence-corrected chi connectivity index (χ0v) is 16.6. The van der Waals surface area contributed by atoms with Gasteiger partial charge in [-0.25, -0.2) is 0 Å². The molecule has 0 unspecified atom stereocenters. The Labute approximate surface area is 164 Å². The highest BCUT2D eigenvalue weighted by molar-refractivity contribution is 5.55. The number of hydrogen-bond donors (Lipinski definition) is 0. The first-order chi connectivity index (χ1) is 13.2. The van der Waals surface area contributed by atoms with Crippen LogP contribution < -0.4 is 4.90 Å². The van der Waals surface area contributed by atoms with E-state index in [9.17, 15) is 0 Å². The molecule has 0 saturated carbocycles. The highest BCUT2D eigenvalue weighted by atomic mass is 15.3. The van der Waals surface area contributed by atoms with Gasteiger partial charge in [-0.3, -0.25) is 9.80 Å². The van der Waals surface area contributed by atoms with Crippen molar-refractivity contribution in [2.75, 3.05) is 58.3 Å². The van der Waals surface area contributed by atoms with Crippen molar-refractivity contribution in [1.82, 2.24) is 9.80 Å². The summed E-state index contributed by atoms with van der Waals surface area (Å²) in [4.78, 5) is 7.18. The van der Waals surface area contributed by atoms with E-state index in [4.69, 9.17) is 0 Å². The largest absolute Gasteiger partial charge is 0.378 e. The normalized spacial score (nSPS) is 16.4. The molecule has 1 heterocycles. The highest BCUT2D eigenvalue weighted by Crippen LogP contribution is 2.13. The maximum absolute atomic E-state index is 2.53. The average molecular weight is 362 g/mol. The summed E-state index contributed by atoms with van der Waals surface area (Å²) in [6.45, 7) is 6.64. The van der Waals surface area contributed by atoms with Crippen LogP contribution in [-0.4, -0.2) is 63.2 Å². The lowest BCUT2D eigenvalue weighted by Gasteiger charge is -2.33. The van der Waals surface area contributed by atoms with E-state index in [0.717, 1.165) is 39.3 Å². The molecule has 3 rings (SSSR count). The molecular weight excluding hydrogens is 330 g/mol. The molecule has 0 aliphatic carbocycles. The number of piperazine rings is 1. The van der Waals surface area contributed by atoms with E-state index in [1.165, 1.54) is 16.8 Å². The first-order valence-electron chi connectivity index (χ1n) is 9.81. The van der Waals surface area contributed by atoms with Crippen molar-refractivity contribution in [3.63, 3.8) is 0 Å². The number of hydrogen-bond acceptors (Lipinski definition) is 3. The van der Waals surface area contributed by atoms with Gasteiger partial charge in [-0.05, 0) is 23.3 Å². The highest BCUT2D eigenvalue weighted by Gasteiger charge is 2.14. The molecule has 0 bridgehead atoms. The summed E-state index contributed by atoms with van der Waals surface area (Å²) in [5.74, 6) is 0.